The van der Waals surface area contributed by atoms with Crippen LogP contribution in [0.3, 0.4) is 0 Å². The Labute approximate surface area is 123 Å². The molecule has 1 aromatic rings. The number of hydrogen-bond donors (Lipinski definition) is 2. The largest absolute Gasteiger partial charge is 0.496 e. The van der Waals surface area contributed by atoms with Crippen LogP contribution in [0.5, 0.6) is 5.75 Å². The predicted molar refractivity (Wildman–Crippen MR) is 75.6 cm³/mol. The van der Waals surface area contributed by atoms with Crippen LogP contribution in [0, 0.1) is 5.92 Å². The highest BCUT2D eigenvalue weighted by molar-refractivity contribution is 7.89. The first-order valence-electron chi connectivity index (χ1n) is 6.48. The van der Waals surface area contributed by atoms with Gasteiger partial charge in [0.1, 0.15) is 5.75 Å². The molecule has 1 aromatic carbocycles. The van der Waals surface area contributed by atoms with E-state index < -0.39 is 15.9 Å². The van der Waals surface area contributed by atoms with Crippen molar-refractivity contribution in [2.45, 2.75) is 11.3 Å². The SMILES string of the molecule is COc1ccc(S(N)(=O)=O)cc1C(=O)NCC1CCOC1. The maximum absolute atomic E-state index is 12.2. The molecule has 2 rings (SSSR count). The molecular weight excluding hydrogens is 296 g/mol. The smallest absolute Gasteiger partial charge is 0.255 e. The molecule has 7 nitrogen and oxygen atoms in total. The highest BCUT2D eigenvalue weighted by Crippen LogP contribution is 2.22. The van der Waals surface area contributed by atoms with E-state index in [0.717, 1.165) is 6.42 Å². The van der Waals surface area contributed by atoms with Crippen LogP contribution in [0.25, 0.3) is 0 Å². The van der Waals surface area contributed by atoms with Gasteiger partial charge < -0.3 is 14.8 Å². The number of carbonyl (C=O) groups excluding carboxylic acids is 1. The summed E-state index contributed by atoms with van der Waals surface area (Å²) < 4.78 is 33.0. The van der Waals surface area contributed by atoms with E-state index in [0.29, 0.717) is 25.5 Å². The molecule has 1 amide bonds. The van der Waals surface area contributed by atoms with Crippen LogP contribution in [0.2, 0.25) is 0 Å². The van der Waals surface area contributed by atoms with E-state index >= 15 is 0 Å². The van der Waals surface area contributed by atoms with Crippen LogP contribution < -0.4 is 15.2 Å². The number of primary sulfonamides is 1. The molecule has 1 fully saturated rings. The highest BCUT2D eigenvalue weighted by atomic mass is 32.2. The molecular formula is C13H18N2O5S. The first kappa shape index (κ1) is 15.7. The minimum absolute atomic E-state index is 0.127. The van der Waals surface area contributed by atoms with E-state index in [1.807, 2.05) is 0 Å². The van der Waals surface area contributed by atoms with Gasteiger partial charge in [-0.15, -0.1) is 0 Å². The number of rotatable bonds is 5. The lowest BCUT2D eigenvalue weighted by Crippen LogP contribution is -2.30. The zero-order valence-electron chi connectivity index (χ0n) is 11.7. The van der Waals surface area contributed by atoms with Gasteiger partial charge in [-0.25, -0.2) is 13.6 Å². The Morgan fingerprint density at radius 2 is 2.29 bits per heavy atom. The van der Waals surface area contributed by atoms with Gasteiger partial charge in [0, 0.05) is 19.1 Å². The fraction of sp³-hybridized carbons (Fsp3) is 0.462. The summed E-state index contributed by atoms with van der Waals surface area (Å²) in [7, 11) is -2.46. The monoisotopic (exact) mass is 314 g/mol. The summed E-state index contributed by atoms with van der Waals surface area (Å²) in [6.45, 7) is 1.79. The Morgan fingerprint density at radius 3 is 2.86 bits per heavy atom. The molecule has 116 valence electrons. The van der Waals surface area contributed by atoms with Crippen LogP contribution >= 0.6 is 0 Å². The molecule has 0 aromatic heterocycles. The maximum atomic E-state index is 12.2. The lowest BCUT2D eigenvalue weighted by Gasteiger charge is -2.12. The van der Waals surface area contributed by atoms with Crippen molar-refractivity contribution in [3.8, 4) is 5.75 Å². The summed E-state index contributed by atoms with van der Waals surface area (Å²) in [6, 6.07) is 3.93. The number of carbonyl (C=O) groups is 1. The van der Waals surface area contributed by atoms with Crippen LogP contribution in [0.15, 0.2) is 23.1 Å². The lowest BCUT2D eigenvalue weighted by atomic mass is 10.1. The van der Waals surface area contributed by atoms with Crippen molar-refractivity contribution in [3.05, 3.63) is 23.8 Å². The zero-order chi connectivity index (χ0) is 15.5. The Morgan fingerprint density at radius 1 is 1.52 bits per heavy atom. The fourth-order valence-electron chi connectivity index (χ4n) is 2.12. The number of sulfonamides is 1. The number of ether oxygens (including phenoxy) is 2. The van der Waals surface area contributed by atoms with Gasteiger partial charge in [-0.2, -0.15) is 0 Å². The van der Waals surface area contributed by atoms with Gasteiger partial charge in [0.2, 0.25) is 10.0 Å². The summed E-state index contributed by atoms with van der Waals surface area (Å²) in [5.74, 6) is 0.174. The van der Waals surface area contributed by atoms with E-state index in [1.165, 1.54) is 25.3 Å². The third-order valence-electron chi connectivity index (χ3n) is 3.32. The van der Waals surface area contributed by atoms with E-state index in [2.05, 4.69) is 5.32 Å². The van der Waals surface area contributed by atoms with Crippen molar-refractivity contribution in [2.75, 3.05) is 26.9 Å². The predicted octanol–water partition coefficient (Wildman–Crippen LogP) is 0.109. The second kappa shape index (κ2) is 6.42. The lowest BCUT2D eigenvalue weighted by molar-refractivity contribution is 0.0941. The molecule has 1 aliphatic heterocycles. The third kappa shape index (κ3) is 3.93. The summed E-state index contributed by atoms with van der Waals surface area (Å²) in [6.07, 6.45) is 0.897. The van der Waals surface area contributed by atoms with Gasteiger partial charge in [-0.05, 0) is 24.6 Å². The van der Waals surface area contributed by atoms with E-state index in [9.17, 15) is 13.2 Å². The van der Waals surface area contributed by atoms with Gasteiger partial charge in [0.05, 0.1) is 24.2 Å². The molecule has 0 aliphatic carbocycles. The molecule has 0 bridgehead atoms. The zero-order valence-corrected chi connectivity index (χ0v) is 12.5. The molecule has 1 saturated heterocycles. The van der Waals surface area contributed by atoms with Crippen molar-refractivity contribution >= 4 is 15.9 Å². The summed E-state index contributed by atoms with van der Waals surface area (Å²) in [5, 5.41) is 7.83. The highest BCUT2D eigenvalue weighted by Gasteiger charge is 2.20. The van der Waals surface area contributed by atoms with Gasteiger partial charge in [-0.1, -0.05) is 0 Å². The van der Waals surface area contributed by atoms with Gasteiger partial charge in [-0.3, -0.25) is 4.79 Å². The molecule has 8 heteroatoms. The topological polar surface area (TPSA) is 108 Å². The van der Waals surface area contributed by atoms with Crippen molar-refractivity contribution in [1.82, 2.24) is 5.32 Å². The number of amides is 1. The maximum Gasteiger partial charge on any atom is 0.255 e. The Bertz CT molecular complexity index is 623. The molecule has 0 saturated carbocycles. The summed E-state index contributed by atoms with van der Waals surface area (Å²) in [5.41, 5.74) is 0.142. The number of nitrogens with two attached hydrogens (primary N) is 1. The number of nitrogens with one attached hydrogen (secondary N) is 1. The van der Waals surface area contributed by atoms with Crippen molar-refractivity contribution in [1.29, 1.82) is 0 Å². The first-order chi connectivity index (χ1) is 9.91. The second-order valence-corrected chi connectivity index (χ2v) is 6.41. The van der Waals surface area contributed by atoms with Gasteiger partial charge >= 0.3 is 0 Å². The molecule has 1 unspecified atom stereocenters. The molecule has 0 radical (unpaired) electrons. The van der Waals surface area contributed by atoms with E-state index in [1.54, 1.807) is 0 Å². The Hall–Kier alpha value is -1.64. The average molecular weight is 314 g/mol. The average Bonchev–Trinajstić information content (AvgIpc) is 2.96. The molecule has 0 spiro atoms. The van der Waals surface area contributed by atoms with E-state index in [4.69, 9.17) is 14.6 Å². The molecule has 1 atom stereocenters. The molecule has 1 heterocycles. The van der Waals surface area contributed by atoms with Crippen LogP contribution in [0.4, 0.5) is 0 Å². The fourth-order valence-corrected chi connectivity index (χ4v) is 2.66. The number of benzene rings is 1. The quantitative estimate of drug-likeness (QED) is 0.802. The minimum atomic E-state index is -3.87. The van der Waals surface area contributed by atoms with Crippen molar-refractivity contribution in [3.63, 3.8) is 0 Å². The number of methoxy groups -OCH3 is 1. The van der Waals surface area contributed by atoms with E-state index in [-0.39, 0.29) is 16.4 Å². The first-order valence-corrected chi connectivity index (χ1v) is 8.03. The van der Waals surface area contributed by atoms with Crippen LogP contribution in [-0.4, -0.2) is 41.2 Å². The van der Waals surface area contributed by atoms with Crippen LogP contribution in [0.1, 0.15) is 16.8 Å². The van der Waals surface area contributed by atoms with Crippen molar-refractivity contribution in [2.24, 2.45) is 11.1 Å². The van der Waals surface area contributed by atoms with Gasteiger partial charge in [0.25, 0.3) is 5.91 Å². The molecule has 3 N–H and O–H groups in total. The normalized spacial score (nSPS) is 18.5. The standard InChI is InChI=1S/C13H18N2O5S/c1-19-12-3-2-10(21(14,17)18)6-11(12)13(16)15-7-9-4-5-20-8-9/h2-3,6,9H,4-5,7-8H2,1H3,(H,15,16)(H2,14,17,18). The second-order valence-electron chi connectivity index (χ2n) is 4.85. The minimum Gasteiger partial charge on any atom is -0.496 e. The Kier molecular flexibility index (Phi) is 4.81. The summed E-state index contributed by atoms with van der Waals surface area (Å²) in [4.78, 5) is 12.1. The van der Waals surface area contributed by atoms with Crippen LogP contribution in [-0.2, 0) is 14.8 Å². The molecule has 21 heavy (non-hydrogen) atoms. The summed E-state index contributed by atoms with van der Waals surface area (Å²) >= 11 is 0. The number of hydrogen-bond acceptors (Lipinski definition) is 5. The Balaban J connectivity index is 2.17. The molecule has 1 aliphatic rings. The van der Waals surface area contributed by atoms with Gasteiger partial charge in [0.15, 0.2) is 0 Å². The third-order valence-corrected chi connectivity index (χ3v) is 4.23. The van der Waals surface area contributed by atoms with Crippen molar-refractivity contribution < 1.29 is 22.7 Å².